The summed E-state index contributed by atoms with van der Waals surface area (Å²) in [6.45, 7) is 1.95. The molecule has 1 fully saturated rings. The van der Waals surface area contributed by atoms with Gasteiger partial charge in [0, 0.05) is 0 Å². The number of carbonyl (C=O) groups excluding carboxylic acids is 1. The van der Waals surface area contributed by atoms with Crippen molar-refractivity contribution >= 4 is 5.91 Å². The fraction of sp³-hybridized carbons (Fsp3) is 0.750. The molecule has 1 aliphatic carbocycles. The Hall–Kier alpha value is -1.01. The number of hydrogen-bond acceptors (Lipinski definition) is 2. The summed E-state index contributed by atoms with van der Waals surface area (Å²) in [7, 11) is 0. The summed E-state index contributed by atoms with van der Waals surface area (Å²) in [5, 5.41) is 2.83. The van der Waals surface area contributed by atoms with Crippen molar-refractivity contribution in [2.24, 2.45) is 5.73 Å². The van der Waals surface area contributed by atoms with Gasteiger partial charge in [0.15, 0.2) is 0 Å². The minimum Gasteiger partial charge on any atom is -0.341 e. The van der Waals surface area contributed by atoms with E-state index in [0.29, 0.717) is 0 Å². The molecule has 1 amide bonds. The third-order valence-corrected chi connectivity index (χ3v) is 3.11. The minimum absolute atomic E-state index is 0.0769. The molecule has 1 aliphatic rings. The van der Waals surface area contributed by atoms with Gasteiger partial charge in [-0.2, -0.15) is 0 Å². The van der Waals surface area contributed by atoms with Gasteiger partial charge in [-0.05, 0) is 19.3 Å². The van der Waals surface area contributed by atoms with Gasteiger partial charge in [0.2, 0.25) is 5.91 Å². The number of nitrogens with two attached hydrogens (primary N) is 1. The number of carbonyl (C=O) groups is 1. The van der Waals surface area contributed by atoms with E-state index in [0.717, 1.165) is 32.1 Å². The van der Waals surface area contributed by atoms with Crippen LogP contribution in [0.5, 0.6) is 0 Å². The molecular weight excluding hydrogens is 188 g/mol. The summed E-state index contributed by atoms with van der Waals surface area (Å²) in [6, 6.07) is -0.181. The Morgan fingerprint density at radius 1 is 1.53 bits per heavy atom. The second-order valence-corrected chi connectivity index (χ2v) is 4.32. The van der Waals surface area contributed by atoms with Crippen LogP contribution in [0.2, 0.25) is 0 Å². The maximum absolute atomic E-state index is 11.9. The van der Waals surface area contributed by atoms with Crippen molar-refractivity contribution in [1.29, 1.82) is 0 Å². The first kappa shape index (κ1) is 12.1. The Kier molecular flexibility index (Phi) is 4.16. The first-order chi connectivity index (χ1) is 7.12. The second-order valence-electron chi connectivity index (χ2n) is 4.32. The number of nitrogens with one attached hydrogen (secondary N) is 1. The van der Waals surface area contributed by atoms with E-state index < -0.39 is 5.54 Å². The second kappa shape index (κ2) is 5.18. The summed E-state index contributed by atoms with van der Waals surface area (Å²) in [5.41, 5.74) is 5.40. The monoisotopic (exact) mass is 208 g/mol. The van der Waals surface area contributed by atoms with E-state index >= 15 is 0 Å². The van der Waals surface area contributed by atoms with E-state index in [-0.39, 0.29) is 11.9 Å². The Balaban J connectivity index is 2.55. The predicted octanol–water partition coefficient (Wildman–Crippen LogP) is 1.18. The molecule has 1 unspecified atom stereocenters. The zero-order valence-corrected chi connectivity index (χ0v) is 9.38. The van der Waals surface area contributed by atoms with Crippen LogP contribution >= 0.6 is 0 Å². The topological polar surface area (TPSA) is 55.1 Å². The lowest BCUT2D eigenvalue weighted by Crippen LogP contribution is -2.56. The molecule has 1 saturated carbocycles. The lowest BCUT2D eigenvalue weighted by atomic mass is 9.81. The Bertz CT molecular complexity index is 261. The van der Waals surface area contributed by atoms with Crippen molar-refractivity contribution in [3.05, 3.63) is 0 Å². The van der Waals surface area contributed by atoms with Crippen LogP contribution in [-0.2, 0) is 4.79 Å². The van der Waals surface area contributed by atoms with Gasteiger partial charge in [-0.25, -0.2) is 0 Å². The van der Waals surface area contributed by atoms with Crippen molar-refractivity contribution in [2.45, 2.75) is 57.0 Å². The molecule has 3 heteroatoms. The Labute approximate surface area is 91.8 Å². The largest absolute Gasteiger partial charge is 0.341 e. The van der Waals surface area contributed by atoms with Gasteiger partial charge in [-0.15, -0.1) is 6.42 Å². The number of terminal acetylenes is 1. The highest BCUT2D eigenvalue weighted by molar-refractivity contribution is 5.86. The van der Waals surface area contributed by atoms with Gasteiger partial charge in [-0.1, -0.05) is 32.1 Å². The maximum atomic E-state index is 11.9. The highest BCUT2D eigenvalue weighted by atomic mass is 16.2. The van der Waals surface area contributed by atoms with Crippen molar-refractivity contribution in [3.63, 3.8) is 0 Å². The van der Waals surface area contributed by atoms with Gasteiger partial charge in [-0.3, -0.25) is 4.79 Å². The van der Waals surface area contributed by atoms with Gasteiger partial charge in [0.1, 0.15) is 0 Å². The van der Waals surface area contributed by atoms with Crippen LogP contribution in [0.3, 0.4) is 0 Å². The van der Waals surface area contributed by atoms with E-state index in [4.69, 9.17) is 12.2 Å². The molecule has 15 heavy (non-hydrogen) atoms. The third kappa shape index (κ3) is 2.97. The van der Waals surface area contributed by atoms with E-state index in [1.165, 1.54) is 6.42 Å². The first-order valence-corrected chi connectivity index (χ1v) is 5.68. The number of amides is 1. The molecule has 0 aromatic heterocycles. The highest BCUT2D eigenvalue weighted by Gasteiger charge is 2.35. The van der Waals surface area contributed by atoms with Crippen molar-refractivity contribution < 1.29 is 4.79 Å². The molecule has 84 valence electrons. The lowest BCUT2D eigenvalue weighted by Gasteiger charge is -2.32. The van der Waals surface area contributed by atoms with Crippen LogP contribution < -0.4 is 11.1 Å². The SMILES string of the molecule is C#CC(CC)NC(=O)C1(N)CCCCC1. The third-order valence-electron chi connectivity index (χ3n) is 3.11. The quantitative estimate of drug-likeness (QED) is 0.684. The van der Waals surface area contributed by atoms with Crippen LogP contribution in [0.1, 0.15) is 45.4 Å². The van der Waals surface area contributed by atoms with E-state index in [2.05, 4.69) is 11.2 Å². The summed E-state index contributed by atoms with van der Waals surface area (Å²) >= 11 is 0. The van der Waals surface area contributed by atoms with Crippen LogP contribution in [0, 0.1) is 12.3 Å². The average Bonchev–Trinajstić information content (AvgIpc) is 2.26. The van der Waals surface area contributed by atoms with Gasteiger partial charge in [0.05, 0.1) is 11.6 Å². The smallest absolute Gasteiger partial charge is 0.241 e. The normalized spacial score (nSPS) is 21.4. The summed E-state index contributed by atoms with van der Waals surface area (Å²) in [5.74, 6) is 2.47. The molecule has 0 radical (unpaired) electrons. The van der Waals surface area contributed by atoms with Crippen molar-refractivity contribution in [3.8, 4) is 12.3 Å². The van der Waals surface area contributed by atoms with Crippen LogP contribution in [0.15, 0.2) is 0 Å². The van der Waals surface area contributed by atoms with E-state index in [1.54, 1.807) is 0 Å². The molecule has 3 nitrogen and oxygen atoms in total. The Morgan fingerprint density at radius 2 is 2.13 bits per heavy atom. The van der Waals surface area contributed by atoms with Gasteiger partial charge in [0.25, 0.3) is 0 Å². The molecule has 0 aromatic carbocycles. The van der Waals surface area contributed by atoms with Crippen molar-refractivity contribution in [1.82, 2.24) is 5.32 Å². The maximum Gasteiger partial charge on any atom is 0.241 e. The molecule has 0 spiro atoms. The number of hydrogen-bond donors (Lipinski definition) is 2. The van der Waals surface area contributed by atoms with Crippen LogP contribution in [0.25, 0.3) is 0 Å². The van der Waals surface area contributed by atoms with Gasteiger partial charge < -0.3 is 11.1 Å². The standard InChI is InChI=1S/C12H20N2O/c1-3-10(4-2)14-11(15)12(13)8-6-5-7-9-12/h1,10H,4-9,13H2,2H3,(H,14,15). The number of rotatable bonds is 3. The molecular formula is C12H20N2O. The van der Waals surface area contributed by atoms with Crippen LogP contribution in [-0.4, -0.2) is 17.5 Å². The molecule has 1 atom stereocenters. The molecule has 0 aromatic rings. The fourth-order valence-corrected chi connectivity index (χ4v) is 1.97. The lowest BCUT2D eigenvalue weighted by molar-refractivity contribution is -0.127. The molecule has 1 rings (SSSR count). The molecule has 0 heterocycles. The zero-order chi connectivity index (χ0) is 11.3. The zero-order valence-electron chi connectivity index (χ0n) is 9.38. The molecule has 0 saturated heterocycles. The first-order valence-electron chi connectivity index (χ1n) is 5.68. The highest BCUT2D eigenvalue weighted by Crippen LogP contribution is 2.26. The Morgan fingerprint density at radius 3 is 2.60 bits per heavy atom. The van der Waals surface area contributed by atoms with E-state index in [9.17, 15) is 4.79 Å². The summed E-state index contributed by atoms with van der Waals surface area (Å²) in [6.07, 6.45) is 10.9. The van der Waals surface area contributed by atoms with Crippen molar-refractivity contribution in [2.75, 3.05) is 0 Å². The molecule has 0 aliphatic heterocycles. The van der Waals surface area contributed by atoms with Crippen LogP contribution in [0.4, 0.5) is 0 Å². The molecule has 3 N–H and O–H groups in total. The molecule has 0 bridgehead atoms. The summed E-state index contributed by atoms with van der Waals surface area (Å²) < 4.78 is 0. The predicted molar refractivity (Wildman–Crippen MR) is 61.1 cm³/mol. The van der Waals surface area contributed by atoms with E-state index in [1.807, 2.05) is 6.92 Å². The summed E-state index contributed by atoms with van der Waals surface area (Å²) in [4.78, 5) is 11.9. The fourth-order valence-electron chi connectivity index (χ4n) is 1.97. The minimum atomic E-state index is -0.678. The average molecular weight is 208 g/mol. The van der Waals surface area contributed by atoms with Gasteiger partial charge >= 0.3 is 0 Å².